The highest BCUT2D eigenvalue weighted by Crippen LogP contribution is 2.04. The van der Waals surface area contributed by atoms with Crippen LogP contribution in [0.15, 0.2) is 24.5 Å². The lowest BCUT2D eigenvalue weighted by atomic mass is 10.0. The van der Waals surface area contributed by atoms with Crippen molar-refractivity contribution in [3.63, 3.8) is 0 Å². The Balaban J connectivity index is 2.22. The molecule has 0 fully saturated rings. The van der Waals surface area contributed by atoms with Crippen LogP contribution in [0.3, 0.4) is 0 Å². The van der Waals surface area contributed by atoms with Gasteiger partial charge in [0, 0.05) is 18.9 Å². The van der Waals surface area contributed by atoms with Crippen LogP contribution >= 0.6 is 0 Å². The van der Waals surface area contributed by atoms with Gasteiger partial charge in [0.2, 0.25) is 5.91 Å². The zero-order valence-corrected chi connectivity index (χ0v) is 10.4. The van der Waals surface area contributed by atoms with E-state index in [4.69, 9.17) is 0 Å². The van der Waals surface area contributed by atoms with Crippen molar-refractivity contribution >= 4 is 5.91 Å². The van der Waals surface area contributed by atoms with E-state index in [9.17, 15) is 9.90 Å². The average Bonchev–Trinajstić information content (AvgIpc) is 2.30. The molecule has 0 aliphatic rings. The van der Waals surface area contributed by atoms with Gasteiger partial charge in [0.15, 0.2) is 0 Å². The fourth-order valence-corrected chi connectivity index (χ4v) is 1.44. The first-order chi connectivity index (χ1) is 8.09. The van der Waals surface area contributed by atoms with Crippen molar-refractivity contribution in [1.82, 2.24) is 10.3 Å². The zero-order chi connectivity index (χ0) is 12.7. The number of carbonyl (C=O) groups excluding carboxylic acids is 1. The largest absolute Gasteiger partial charge is 0.393 e. The molecule has 1 rings (SSSR count). The van der Waals surface area contributed by atoms with E-state index in [1.807, 2.05) is 26.0 Å². The number of nitrogens with one attached hydrogen (secondary N) is 1. The van der Waals surface area contributed by atoms with Crippen molar-refractivity contribution in [3.05, 3.63) is 30.1 Å². The van der Waals surface area contributed by atoms with Gasteiger partial charge in [-0.05, 0) is 24.0 Å². The number of aliphatic hydroxyl groups excluding tert-OH is 1. The number of nitrogens with zero attached hydrogens (tertiary/aromatic N) is 1. The second-order valence-corrected chi connectivity index (χ2v) is 4.49. The highest BCUT2D eigenvalue weighted by molar-refractivity contribution is 5.78. The quantitative estimate of drug-likeness (QED) is 0.778. The second kappa shape index (κ2) is 7.01. The van der Waals surface area contributed by atoms with Gasteiger partial charge >= 0.3 is 0 Å². The normalized spacial score (nSPS) is 12.5. The van der Waals surface area contributed by atoms with Crippen molar-refractivity contribution in [1.29, 1.82) is 0 Å². The summed E-state index contributed by atoms with van der Waals surface area (Å²) in [7, 11) is 0. The molecule has 1 aromatic rings. The lowest BCUT2D eigenvalue weighted by Crippen LogP contribution is -2.29. The smallest absolute Gasteiger partial charge is 0.224 e. The first kappa shape index (κ1) is 13.6. The highest BCUT2D eigenvalue weighted by Gasteiger charge is 2.09. The van der Waals surface area contributed by atoms with Gasteiger partial charge in [0.25, 0.3) is 0 Å². The summed E-state index contributed by atoms with van der Waals surface area (Å²) in [5, 5.41) is 12.4. The maximum absolute atomic E-state index is 11.5. The van der Waals surface area contributed by atoms with Crippen LogP contribution in [0.4, 0.5) is 0 Å². The molecule has 2 N–H and O–H groups in total. The Morgan fingerprint density at radius 2 is 2.29 bits per heavy atom. The van der Waals surface area contributed by atoms with E-state index in [0.717, 1.165) is 5.56 Å². The number of rotatable bonds is 6. The molecule has 0 aliphatic carbocycles. The number of pyridine rings is 1. The summed E-state index contributed by atoms with van der Waals surface area (Å²) >= 11 is 0. The van der Waals surface area contributed by atoms with E-state index in [1.54, 1.807) is 12.4 Å². The summed E-state index contributed by atoms with van der Waals surface area (Å²) in [5.41, 5.74) is 0.898. The molecular weight excluding hydrogens is 216 g/mol. The third-order valence-corrected chi connectivity index (χ3v) is 2.62. The van der Waals surface area contributed by atoms with Gasteiger partial charge in [0.1, 0.15) is 0 Å². The summed E-state index contributed by atoms with van der Waals surface area (Å²) in [6, 6.07) is 3.68. The number of hydrogen-bond acceptors (Lipinski definition) is 3. The molecular formula is C13H20N2O2. The lowest BCUT2D eigenvalue weighted by Gasteiger charge is -2.14. The molecule has 1 unspecified atom stereocenters. The molecule has 0 saturated carbocycles. The second-order valence-electron chi connectivity index (χ2n) is 4.49. The van der Waals surface area contributed by atoms with Crippen molar-refractivity contribution in [2.75, 3.05) is 6.54 Å². The molecule has 1 heterocycles. The minimum atomic E-state index is -0.353. The molecule has 0 spiro atoms. The van der Waals surface area contributed by atoms with Gasteiger partial charge in [-0.2, -0.15) is 0 Å². The van der Waals surface area contributed by atoms with E-state index in [2.05, 4.69) is 10.3 Å². The molecule has 0 aromatic carbocycles. The molecule has 0 bridgehead atoms. The average molecular weight is 236 g/mol. The van der Waals surface area contributed by atoms with Crippen LogP contribution in [-0.4, -0.2) is 28.6 Å². The molecule has 17 heavy (non-hydrogen) atoms. The van der Waals surface area contributed by atoms with Crippen LogP contribution in [0.2, 0.25) is 0 Å². The third-order valence-electron chi connectivity index (χ3n) is 2.62. The van der Waals surface area contributed by atoms with Gasteiger partial charge in [-0.1, -0.05) is 19.9 Å². The number of aromatic nitrogens is 1. The Morgan fingerprint density at radius 3 is 2.88 bits per heavy atom. The maximum Gasteiger partial charge on any atom is 0.224 e. The van der Waals surface area contributed by atoms with Crippen molar-refractivity contribution in [2.24, 2.45) is 5.92 Å². The molecule has 1 amide bonds. The topological polar surface area (TPSA) is 62.2 Å². The number of hydrogen-bond donors (Lipinski definition) is 2. The standard InChI is InChI=1S/C13H20N2O2/c1-10(2)12(16)5-7-15-13(17)8-11-4-3-6-14-9-11/h3-4,6,9-10,12,16H,5,7-8H2,1-2H3,(H,15,17). The highest BCUT2D eigenvalue weighted by atomic mass is 16.3. The van der Waals surface area contributed by atoms with Crippen molar-refractivity contribution in [3.8, 4) is 0 Å². The maximum atomic E-state index is 11.5. The molecule has 1 aromatic heterocycles. The predicted molar refractivity (Wildman–Crippen MR) is 66.4 cm³/mol. The monoisotopic (exact) mass is 236 g/mol. The zero-order valence-electron chi connectivity index (χ0n) is 10.4. The Morgan fingerprint density at radius 1 is 1.53 bits per heavy atom. The van der Waals surface area contributed by atoms with Crippen LogP contribution in [0.25, 0.3) is 0 Å². The van der Waals surface area contributed by atoms with Crippen LogP contribution < -0.4 is 5.32 Å². The minimum absolute atomic E-state index is 0.0334. The molecule has 1 atom stereocenters. The Labute approximate surface area is 102 Å². The van der Waals surface area contributed by atoms with E-state index >= 15 is 0 Å². The Kier molecular flexibility index (Phi) is 5.63. The van der Waals surface area contributed by atoms with Crippen molar-refractivity contribution < 1.29 is 9.90 Å². The first-order valence-electron chi connectivity index (χ1n) is 5.93. The van der Waals surface area contributed by atoms with E-state index in [-0.39, 0.29) is 17.9 Å². The van der Waals surface area contributed by atoms with Gasteiger partial charge in [-0.25, -0.2) is 0 Å². The predicted octanol–water partition coefficient (Wildman–Crippen LogP) is 1.15. The van der Waals surface area contributed by atoms with Crippen molar-refractivity contribution in [2.45, 2.75) is 32.8 Å². The van der Waals surface area contributed by atoms with Crippen LogP contribution in [-0.2, 0) is 11.2 Å². The molecule has 4 heteroatoms. The first-order valence-corrected chi connectivity index (χ1v) is 5.93. The molecule has 0 saturated heterocycles. The summed E-state index contributed by atoms with van der Waals surface area (Å²) < 4.78 is 0. The summed E-state index contributed by atoms with van der Waals surface area (Å²) in [6.07, 6.45) is 3.94. The van der Waals surface area contributed by atoms with Gasteiger partial charge in [0.05, 0.1) is 12.5 Å². The van der Waals surface area contributed by atoms with E-state index in [0.29, 0.717) is 19.4 Å². The molecule has 94 valence electrons. The third kappa shape index (κ3) is 5.45. The van der Waals surface area contributed by atoms with E-state index < -0.39 is 0 Å². The van der Waals surface area contributed by atoms with Gasteiger partial charge in [-0.15, -0.1) is 0 Å². The summed E-state index contributed by atoms with van der Waals surface area (Å²) in [6.45, 7) is 4.43. The number of amides is 1. The number of aliphatic hydroxyl groups is 1. The minimum Gasteiger partial charge on any atom is -0.393 e. The fourth-order valence-electron chi connectivity index (χ4n) is 1.44. The summed E-state index contributed by atoms with van der Waals surface area (Å²) in [4.78, 5) is 15.5. The van der Waals surface area contributed by atoms with Crippen LogP contribution in [0.1, 0.15) is 25.8 Å². The van der Waals surface area contributed by atoms with Crippen LogP contribution in [0, 0.1) is 5.92 Å². The SMILES string of the molecule is CC(C)C(O)CCNC(=O)Cc1cccnc1. The lowest BCUT2D eigenvalue weighted by molar-refractivity contribution is -0.120. The molecule has 4 nitrogen and oxygen atoms in total. The Hall–Kier alpha value is -1.42. The Bertz CT molecular complexity index is 339. The van der Waals surface area contributed by atoms with E-state index in [1.165, 1.54) is 0 Å². The summed E-state index contributed by atoms with van der Waals surface area (Å²) in [5.74, 6) is 0.194. The number of carbonyl (C=O) groups is 1. The van der Waals surface area contributed by atoms with Gasteiger partial charge < -0.3 is 10.4 Å². The molecule has 0 radical (unpaired) electrons. The fraction of sp³-hybridized carbons (Fsp3) is 0.538. The van der Waals surface area contributed by atoms with Crippen LogP contribution in [0.5, 0.6) is 0 Å². The molecule has 0 aliphatic heterocycles. The van der Waals surface area contributed by atoms with Gasteiger partial charge in [-0.3, -0.25) is 9.78 Å².